The SMILES string of the molecule is CC(C)=CCC/C(C)=C\CC/C(C)=C/CC/C(C)=C/CC/C=C(\C)CC/C=C(\C)CC/C=C(\C)CCC=C(C)C. The highest BCUT2D eigenvalue weighted by Gasteiger charge is 1.96. The quantitative estimate of drug-likeness (QED) is 0.0991. The van der Waals surface area contributed by atoms with Gasteiger partial charge >= 0.3 is 0 Å². The van der Waals surface area contributed by atoms with Crippen molar-refractivity contribution < 1.29 is 0 Å². The van der Waals surface area contributed by atoms with Gasteiger partial charge in [0.1, 0.15) is 0 Å². The summed E-state index contributed by atoms with van der Waals surface area (Å²) in [7, 11) is 0. The molecule has 0 aromatic heterocycles. The van der Waals surface area contributed by atoms with E-state index in [2.05, 4.69) is 118 Å². The minimum atomic E-state index is 1.16. The number of hydrogen-bond acceptors (Lipinski definition) is 0. The van der Waals surface area contributed by atoms with Crippen LogP contribution in [0.5, 0.6) is 0 Å². The van der Waals surface area contributed by atoms with Gasteiger partial charge in [-0.25, -0.2) is 0 Å². The first-order valence-corrected chi connectivity index (χ1v) is 16.2. The predicted molar refractivity (Wildman–Crippen MR) is 186 cm³/mol. The maximum absolute atomic E-state index is 2.45. The van der Waals surface area contributed by atoms with Crippen LogP contribution in [0.4, 0.5) is 0 Å². The van der Waals surface area contributed by atoms with Crippen molar-refractivity contribution in [3.63, 3.8) is 0 Å². The summed E-state index contributed by atoms with van der Waals surface area (Å²) in [5.41, 5.74) is 12.0. The highest BCUT2D eigenvalue weighted by molar-refractivity contribution is 5.09. The Bertz CT molecular complexity index is 847. The Hall–Kier alpha value is -2.08. The molecule has 0 aromatic rings. The van der Waals surface area contributed by atoms with Crippen molar-refractivity contribution in [1.29, 1.82) is 0 Å². The zero-order valence-corrected chi connectivity index (χ0v) is 28.5. The third-order valence-electron chi connectivity index (χ3n) is 7.46. The molecule has 0 bridgehead atoms. The van der Waals surface area contributed by atoms with Crippen LogP contribution in [0.25, 0.3) is 0 Å². The first kappa shape index (κ1) is 37.9. The fourth-order valence-corrected chi connectivity index (χ4v) is 4.63. The van der Waals surface area contributed by atoms with E-state index in [0.717, 1.165) is 12.8 Å². The molecule has 0 nitrogen and oxygen atoms in total. The first-order valence-electron chi connectivity index (χ1n) is 16.2. The first-order chi connectivity index (χ1) is 19.0. The highest BCUT2D eigenvalue weighted by Crippen LogP contribution is 2.16. The van der Waals surface area contributed by atoms with Crippen molar-refractivity contribution in [3.8, 4) is 0 Å². The van der Waals surface area contributed by atoms with Crippen LogP contribution in [0.2, 0.25) is 0 Å². The van der Waals surface area contributed by atoms with E-state index in [9.17, 15) is 0 Å². The Balaban J connectivity index is 4.15. The van der Waals surface area contributed by atoms with Crippen molar-refractivity contribution in [2.75, 3.05) is 0 Å². The van der Waals surface area contributed by atoms with Gasteiger partial charge < -0.3 is 0 Å². The summed E-state index contributed by atoms with van der Waals surface area (Å²) >= 11 is 0. The van der Waals surface area contributed by atoms with Gasteiger partial charge in [-0.3, -0.25) is 0 Å². The Morgan fingerprint density at radius 3 is 0.625 bits per heavy atom. The maximum atomic E-state index is 2.45. The van der Waals surface area contributed by atoms with Crippen LogP contribution >= 0.6 is 0 Å². The lowest BCUT2D eigenvalue weighted by molar-refractivity contribution is 0.888. The minimum absolute atomic E-state index is 1.16. The molecule has 0 aliphatic heterocycles. The fourth-order valence-electron chi connectivity index (χ4n) is 4.63. The summed E-state index contributed by atoms with van der Waals surface area (Å²) in [4.78, 5) is 0. The molecule has 0 atom stereocenters. The zero-order valence-electron chi connectivity index (χ0n) is 28.5. The Morgan fingerprint density at radius 1 is 0.250 bits per heavy atom. The van der Waals surface area contributed by atoms with Gasteiger partial charge in [-0.05, 0) is 159 Å². The monoisotopic (exact) mass is 547 g/mol. The highest BCUT2D eigenvalue weighted by atomic mass is 14.0. The molecule has 0 spiro atoms. The molecule has 0 saturated carbocycles. The van der Waals surface area contributed by atoms with Crippen molar-refractivity contribution >= 4 is 0 Å². The smallest absolute Gasteiger partial charge is 0.0288 e. The maximum Gasteiger partial charge on any atom is -0.0288 e. The average Bonchev–Trinajstić information content (AvgIpc) is 2.86. The van der Waals surface area contributed by atoms with Crippen LogP contribution in [0.15, 0.2) is 93.2 Å². The largest absolute Gasteiger partial charge is 0.0856 e. The Kier molecular flexibility index (Phi) is 23.4. The molecule has 0 radical (unpaired) electrons. The summed E-state index contributed by atoms with van der Waals surface area (Å²) < 4.78 is 0. The molecule has 0 aliphatic rings. The van der Waals surface area contributed by atoms with Crippen LogP contribution in [0.1, 0.15) is 159 Å². The second-order valence-corrected chi connectivity index (χ2v) is 12.7. The lowest BCUT2D eigenvalue weighted by atomic mass is 10.0. The molecule has 0 saturated heterocycles. The molecule has 0 unspecified atom stereocenters. The van der Waals surface area contributed by atoms with Crippen LogP contribution in [-0.2, 0) is 0 Å². The number of rotatable bonds is 21. The van der Waals surface area contributed by atoms with Gasteiger partial charge in [0.25, 0.3) is 0 Å². The van der Waals surface area contributed by atoms with E-state index in [1.165, 1.54) is 122 Å². The standard InChI is InChI=1S/C40H66/c1-33(2)19-13-23-37(7)27-17-31-39(9)29-15-25-35(5)21-11-12-22-36(6)26-16-30-40(10)32-18-28-38(8)24-14-20-34(3)4/h19-22,27-30H,11-18,23-26,31-32H2,1-10H3/b35-21+,36-22+,37-27-,38-28+,39-29+,40-30+. The van der Waals surface area contributed by atoms with Crippen molar-refractivity contribution in [2.24, 2.45) is 0 Å². The van der Waals surface area contributed by atoms with E-state index in [-0.39, 0.29) is 0 Å². The van der Waals surface area contributed by atoms with Crippen LogP contribution < -0.4 is 0 Å². The number of unbranched alkanes of at least 4 members (excludes halogenated alkanes) is 1. The number of hydrogen-bond donors (Lipinski definition) is 0. The van der Waals surface area contributed by atoms with Crippen molar-refractivity contribution in [1.82, 2.24) is 0 Å². The lowest BCUT2D eigenvalue weighted by Crippen LogP contribution is -1.83. The third kappa shape index (κ3) is 26.2. The predicted octanol–water partition coefficient (Wildman–Crippen LogP) is 14.1. The molecule has 226 valence electrons. The van der Waals surface area contributed by atoms with Gasteiger partial charge in [0.15, 0.2) is 0 Å². The van der Waals surface area contributed by atoms with E-state index in [4.69, 9.17) is 0 Å². The molecule has 0 aromatic carbocycles. The van der Waals surface area contributed by atoms with E-state index >= 15 is 0 Å². The van der Waals surface area contributed by atoms with Crippen LogP contribution in [0, 0.1) is 0 Å². The van der Waals surface area contributed by atoms with Crippen LogP contribution in [0.3, 0.4) is 0 Å². The van der Waals surface area contributed by atoms with Gasteiger partial charge in [0.05, 0.1) is 0 Å². The molecule has 0 fully saturated rings. The van der Waals surface area contributed by atoms with E-state index < -0.39 is 0 Å². The molecule has 0 amide bonds. The van der Waals surface area contributed by atoms with E-state index in [1.54, 1.807) is 0 Å². The second kappa shape index (κ2) is 24.7. The molecular formula is C40H66. The molecule has 0 aliphatic carbocycles. The van der Waals surface area contributed by atoms with Gasteiger partial charge in [-0.2, -0.15) is 0 Å². The number of allylic oxidation sites excluding steroid dienone is 16. The molecule has 40 heavy (non-hydrogen) atoms. The average molecular weight is 547 g/mol. The summed E-state index contributed by atoms with van der Waals surface area (Å²) in [5, 5.41) is 0. The third-order valence-corrected chi connectivity index (χ3v) is 7.46. The van der Waals surface area contributed by atoms with Gasteiger partial charge in [0, 0.05) is 0 Å². The van der Waals surface area contributed by atoms with Crippen molar-refractivity contribution in [2.45, 2.75) is 159 Å². The van der Waals surface area contributed by atoms with Gasteiger partial charge in [-0.15, -0.1) is 0 Å². The minimum Gasteiger partial charge on any atom is -0.0856 e. The zero-order chi connectivity index (χ0) is 30.2. The fraction of sp³-hybridized carbons (Fsp3) is 0.600. The summed E-state index contributed by atoms with van der Waals surface area (Å²) in [6, 6.07) is 0. The lowest BCUT2D eigenvalue weighted by Gasteiger charge is -2.03. The normalized spacial score (nSPS) is 14.1. The van der Waals surface area contributed by atoms with E-state index in [1.807, 2.05) is 0 Å². The molecule has 0 heterocycles. The van der Waals surface area contributed by atoms with Gasteiger partial charge in [-0.1, -0.05) is 93.2 Å². The van der Waals surface area contributed by atoms with Crippen molar-refractivity contribution in [3.05, 3.63) is 93.2 Å². The molecular weight excluding hydrogens is 480 g/mol. The summed E-state index contributed by atoms with van der Waals surface area (Å²) in [5.74, 6) is 0. The summed E-state index contributed by atoms with van der Waals surface area (Å²) in [6.45, 7) is 22.5. The molecule has 0 heteroatoms. The molecule has 0 N–H and O–H groups in total. The molecule has 0 rings (SSSR count). The topological polar surface area (TPSA) is 0 Å². The Morgan fingerprint density at radius 2 is 0.425 bits per heavy atom. The van der Waals surface area contributed by atoms with Crippen LogP contribution in [-0.4, -0.2) is 0 Å². The summed E-state index contributed by atoms with van der Waals surface area (Å²) in [6.07, 6.45) is 35.8. The van der Waals surface area contributed by atoms with E-state index in [0.29, 0.717) is 0 Å². The second-order valence-electron chi connectivity index (χ2n) is 12.7. The van der Waals surface area contributed by atoms with Gasteiger partial charge in [0.2, 0.25) is 0 Å². The Labute approximate surface area is 251 Å².